The number of aryl methyl sites for hydroxylation is 1. The largest absolute Gasteiger partial charge is 0.296 e. The van der Waals surface area contributed by atoms with Gasteiger partial charge < -0.3 is 0 Å². The quantitative estimate of drug-likeness (QED) is 0.520. The normalized spacial score (nSPS) is 11.4. The average Bonchev–Trinajstić information content (AvgIpc) is 3.15. The molecule has 0 aliphatic carbocycles. The van der Waals surface area contributed by atoms with Gasteiger partial charge in [-0.1, -0.05) is 55.0 Å². The summed E-state index contributed by atoms with van der Waals surface area (Å²) in [7, 11) is 0. The topological polar surface area (TPSA) is 56.0 Å². The van der Waals surface area contributed by atoms with Gasteiger partial charge in [0.15, 0.2) is 5.52 Å². The molecule has 0 bridgehead atoms. The number of aromatic nitrogens is 4. The zero-order valence-electron chi connectivity index (χ0n) is 16.1. The van der Waals surface area contributed by atoms with Gasteiger partial charge in [0, 0.05) is 18.1 Å². The van der Waals surface area contributed by atoms with E-state index in [1.165, 1.54) is 15.8 Å². The SMILES string of the molecule is CCN(Cc1cccc(C)c1)Cn1ncc2cn(-c3ccccc3)nc2c1=O. The number of benzene rings is 2. The van der Waals surface area contributed by atoms with E-state index < -0.39 is 0 Å². The Bertz CT molecular complexity index is 1150. The van der Waals surface area contributed by atoms with E-state index in [1.54, 1.807) is 10.9 Å². The van der Waals surface area contributed by atoms with Crippen LogP contribution in [-0.4, -0.2) is 31.0 Å². The highest BCUT2D eigenvalue weighted by Gasteiger charge is 2.12. The summed E-state index contributed by atoms with van der Waals surface area (Å²) in [5.41, 5.74) is 3.64. The van der Waals surface area contributed by atoms with Gasteiger partial charge in [0.2, 0.25) is 0 Å². The van der Waals surface area contributed by atoms with Crippen LogP contribution >= 0.6 is 0 Å². The Morgan fingerprint density at radius 1 is 1.07 bits per heavy atom. The number of rotatable bonds is 6. The van der Waals surface area contributed by atoms with Crippen LogP contribution in [-0.2, 0) is 13.2 Å². The van der Waals surface area contributed by atoms with Crippen molar-refractivity contribution in [3.05, 3.63) is 88.5 Å². The zero-order chi connectivity index (χ0) is 19.5. The minimum atomic E-state index is -0.171. The lowest BCUT2D eigenvalue weighted by atomic mass is 10.1. The van der Waals surface area contributed by atoms with Crippen molar-refractivity contribution in [2.45, 2.75) is 27.1 Å². The maximum atomic E-state index is 12.9. The first kappa shape index (κ1) is 18.1. The van der Waals surface area contributed by atoms with Crippen molar-refractivity contribution in [2.75, 3.05) is 6.54 Å². The molecule has 2 aromatic carbocycles. The summed E-state index contributed by atoms with van der Waals surface area (Å²) in [4.78, 5) is 15.1. The van der Waals surface area contributed by atoms with Crippen LogP contribution in [0.4, 0.5) is 0 Å². The lowest BCUT2D eigenvalue weighted by molar-refractivity contribution is 0.205. The van der Waals surface area contributed by atoms with Crippen molar-refractivity contribution in [1.29, 1.82) is 0 Å². The molecular formula is C22H23N5O. The molecule has 0 atom stereocenters. The summed E-state index contributed by atoms with van der Waals surface area (Å²) in [6, 6.07) is 18.2. The minimum Gasteiger partial charge on any atom is -0.280 e. The first-order valence-corrected chi connectivity index (χ1v) is 9.43. The monoisotopic (exact) mass is 373 g/mol. The maximum absolute atomic E-state index is 12.9. The van der Waals surface area contributed by atoms with Crippen molar-refractivity contribution in [3.8, 4) is 5.69 Å². The molecule has 0 aliphatic heterocycles. The fraction of sp³-hybridized carbons (Fsp3) is 0.227. The molecule has 0 saturated heterocycles. The molecule has 6 nitrogen and oxygen atoms in total. The predicted octanol–water partition coefficient (Wildman–Crippen LogP) is 3.37. The van der Waals surface area contributed by atoms with Crippen LogP contribution in [0.1, 0.15) is 18.1 Å². The van der Waals surface area contributed by atoms with Gasteiger partial charge >= 0.3 is 0 Å². The summed E-state index contributed by atoms with van der Waals surface area (Å²) in [5.74, 6) is 0. The second-order valence-corrected chi connectivity index (χ2v) is 6.94. The summed E-state index contributed by atoms with van der Waals surface area (Å²) >= 11 is 0. The van der Waals surface area contributed by atoms with E-state index in [4.69, 9.17) is 0 Å². The van der Waals surface area contributed by atoms with Gasteiger partial charge in [0.1, 0.15) is 0 Å². The van der Waals surface area contributed by atoms with Crippen molar-refractivity contribution in [3.63, 3.8) is 0 Å². The summed E-state index contributed by atoms with van der Waals surface area (Å²) in [6.07, 6.45) is 3.55. The first-order chi connectivity index (χ1) is 13.6. The van der Waals surface area contributed by atoms with Gasteiger partial charge in [-0.3, -0.25) is 9.69 Å². The third-order valence-electron chi connectivity index (χ3n) is 4.81. The third kappa shape index (κ3) is 3.73. The van der Waals surface area contributed by atoms with E-state index in [0.717, 1.165) is 24.2 Å². The Hall–Kier alpha value is -3.25. The number of hydrogen-bond donors (Lipinski definition) is 0. The van der Waals surface area contributed by atoms with Crippen molar-refractivity contribution >= 4 is 10.9 Å². The lowest BCUT2D eigenvalue weighted by Gasteiger charge is -2.21. The summed E-state index contributed by atoms with van der Waals surface area (Å²) < 4.78 is 3.21. The molecule has 142 valence electrons. The Morgan fingerprint density at radius 3 is 2.64 bits per heavy atom. The predicted molar refractivity (Wildman–Crippen MR) is 110 cm³/mol. The van der Waals surface area contributed by atoms with E-state index in [2.05, 4.69) is 53.2 Å². The Balaban J connectivity index is 1.61. The average molecular weight is 373 g/mol. The number of fused-ring (bicyclic) bond motifs is 1. The molecule has 0 unspecified atom stereocenters. The molecule has 0 radical (unpaired) electrons. The molecule has 28 heavy (non-hydrogen) atoms. The van der Waals surface area contributed by atoms with Crippen LogP contribution in [0.15, 0.2) is 71.8 Å². The highest BCUT2D eigenvalue weighted by Crippen LogP contribution is 2.12. The molecule has 6 heteroatoms. The van der Waals surface area contributed by atoms with Gasteiger partial charge in [-0.25, -0.2) is 9.36 Å². The van der Waals surface area contributed by atoms with E-state index in [1.807, 2.05) is 36.5 Å². The molecule has 0 spiro atoms. The zero-order valence-corrected chi connectivity index (χ0v) is 16.1. The van der Waals surface area contributed by atoms with Crippen LogP contribution in [0.25, 0.3) is 16.6 Å². The third-order valence-corrected chi connectivity index (χ3v) is 4.81. The highest BCUT2D eigenvalue weighted by molar-refractivity contribution is 5.76. The second kappa shape index (κ2) is 7.78. The Morgan fingerprint density at radius 2 is 1.89 bits per heavy atom. The smallest absolute Gasteiger partial charge is 0.280 e. The molecule has 0 saturated carbocycles. The molecular weight excluding hydrogens is 350 g/mol. The van der Waals surface area contributed by atoms with Crippen LogP contribution in [0.5, 0.6) is 0 Å². The molecule has 0 N–H and O–H groups in total. The summed E-state index contributed by atoms with van der Waals surface area (Å²) in [6.45, 7) is 6.19. The van der Waals surface area contributed by atoms with Gasteiger partial charge in [0.25, 0.3) is 5.56 Å². The first-order valence-electron chi connectivity index (χ1n) is 9.43. The molecule has 0 fully saturated rings. The van der Waals surface area contributed by atoms with Gasteiger partial charge in [-0.2, -0.15) is 10.2 Å². The van der Waals surface area contributed by atoms with Gasteiger partial charge in [-0.15, -0.1) is 0 Å². The fourth-order valence-corrected chi connectivity index (χ4v) is 3.29. The van der Waals surface area contributed by atoms with Crippen LogP contribution in [0.3, 0.4) is 0 Å². The Labute approximate surface area is 163 Å². The number of para-hydroxylation sites is 1. The fourth-order valence-electron chi connectivity index (χ4n) is 3.29. The standard InChI is InChI=1S/C22H23N5O/c1-3-25(14-18-9-7-8-17(2)12-18)16-27-22(28)21-19(13-23-27)15-26(24-21)20-10-5-4-6-11-20/h4-13,15H,3,14,16H2,1-2H3. The number of nitrogens with zero attached hydrogens (tertiary/aromatic N) is 5. The van der Waals surface area contributed by atoms with Crippen molar-refractivity contribution < 1.29 is 0 Å². The van der Waals surface area contributed by atoms with E-state index >= 15 is 0 Å². The van der Waals surface area contributed by atoms with Crippen LogP contribution in [0, 0.1) is 6.92 Å². The van der Waals surface area contributed by atoms with Gasteiger partial charge in [0.05, 0.1) is 18.6 Å². The Kier molecular flexibility index (Phi) is 5.04. The molecule has 0 aliphatic rings. The van der Waals surface area contributed by atoms with Crippen molar-refractivity contribution in [2.24, 2.45) is 0 Å². The van der Waals surface area contributed by atoms with E-state index in [0.29, 0.717) is 12.2 Å². The second-order valence-electron chi connectivity index (χ2n) is 6.94. The summed E-state index contributed by atoms with van der Waals surface area (Å²) in [5, 5.41) is 9.61. The molecule has 2 heterocycles. The minimum absolute atomic E-state index is 0.171. The molecule has 2 aromatic heterocycles. The molecule has 4 rings (SSSR count). The van der Waals surface area contributed by atoms with Gasteiger partial charge in [-0.05, 0) is 31.2 Å². The van der Waals surface area contributed by atoms with Crippen LogP contribution < -0.4 is 5.56 Å². The van der Waals surface area contributed by atoms with Crippen LogP contribution in [0.2, 0.25) is 0 Å². The van der Waals surface area contributed by atoms with Crippen molar-refractivity contribution in [1.82, 2.24) is 24.5 Å². The maximum Gasteiger partial charge on any atom is 0.296 e. The number of hydrogen-bond acceptors (Lipinski definition) is 4. The van der Waals surface area contributed by atoms with E-state index in [-0.39, 0.29) is 5.56 Å². The highest BCUT2D eigenvalue weighted by atomic mass is 16.1. The van der Waals surface area contributed by atoms with E-state index in [9.17, 15) is 4.79 Å². The molecule has 4 aromatic rings. The lowest BCUT2D eigenvalue weighted by Crippen LogP contribution is -2.33. The molecule has 0 amide bonds.